The van der Waals surface area contributed by atoms with Crippen LogP contribution >= 0.6 is 11.8 Å². The molecular weight excluding hydrogens is 238 g/mol. The molecule has 2 rings (SSSR count). The number of pyridine rings is 1. The van der Waals surface area contributed by atoms with E-state index in [1.807, 2.05) is 29.7 Å². The van der Waals surface area contributed by atoms with Gasteiger partial charge in [-0.05, 0) is 32.4 Å². The zero-order chi connectivity index (χ0) is 12.6. The van der Waals surface area contributed by atoms with E-state index >= 15 is 0 Å². The number of rotatable bonds is 3. The van der Waals surface area contributed by atoms with Crippen molar-refractivity contribution < 1.29 is 9.90 Å². The summed E-state index contributed by atoms with van der Waals surface area (Å²) in [7, 11) is 0. The molecule has 0 aromatic carbocycles. The molecule has 0 spiro atoms. The maximum Gasteiger partial charge on any atom is 0.319 e. The zero-order valence-electron chi connectivity index (χ0n) is 9.84. The molecule has 0 radical (unpaired) electrons. The highest BCUT2D eigenvalue weighted by Gasteiger charge is 2.30. The summed E-state index contributed by atoms with van der Waals surface area (Å²) in [6.07, 6.45) is 1.90. The fourth-order valence-electron chi connectivity index (χ4n) is 1.32. The second kappa shape index (κ2) is 4.03. The highest BCUT2D eigenvalue weighted by molar-refractivity contribution is 8.01. The topological polar surface area (TPSA) is 67.5 Å². The van der Waals surface area contributed by atoms with Crippen molar-refractivity contribution in [3.8, 4) is 0 Å². The largest absolute Gasteiger partial charge is 0.480 e. The number of aliphatic carboxylic acids is 1. The van der Waals surface area contributed by atoms with Gasteiger partial charge in [-0.15, -0.1) is 10.2 Å². The number of hydrogen-bond donors (Lipinski definition) is 1. The molecule has 90 valence electrons. The van der Waals surface area contributed by atoms with Crippen LogP contribution in [0.15, 0.2) is 23.5 Å². The Morgan fingerprint density at radius 1 is 1.41 bits per heavy atom. The SMILES string of the molecule is Cc1ccc2nnc(SC(C)(C)C(=O)O)n2c1. The Balaban J connectivity index is 2.43. The van der Waals surface area contributed by atoms with E-state index in [-0.39, 0.29) is 0 Å². The molecule has 17 heavy (non-hydrogen) atoms. The summed E-state index contributed by atoms with van der Waals surface area (Å²) in [5.74, 6) is -0.869. The van der Waals surface area contributed by atoms with Gasteiger partial charge in [0.25, 0.3) is 0 Å². The quantitative estimate of drug-likeness (QED) is 0.845. The van der Waals surface area contributed by atoms with Gasteiger partial charge in [-0.25, -0.2) is 0 Å². The Kier molecular flexibility index (Phi) is 2.82. The van der Waals surface area contributed by atoms with Crippen LogP contribution in [0.25, 0.3) is 5.65 Å². The number of aromatic nitrogens is 3. The van der Waals surface area contributed by atoms with E-state index in [0.29, 0.717) is 5.16 Å². The van der Waals surface area contributed by atoms with Gasteiger partial charge < -0.3 is 5.11 Å². The lowest BCUT2D eigenvalue weighted by Crippen LogP contribution is -2.27. The molecule has 1 N–H and O–H groups in total. The minimum Gasteiger partial charge on any atom is -0.480 e. The summed E-state index contributed by atoms with van der Waals surface area (Å²) >= 11 is 1.19. The molecule has 0 aliphatic heterocycles. The number of aryl methyl sites for hydroxylation is 1. The second-order valence-corrected chi connectivity index (χ2v) is 5.92. The highest BCUT2D eigenvalue weighted by atomic mass is 32.2. The summed E-state index contributed by atoms with van der Waals surface area (Å²) in [5, 5.41) is 17.7. The number of carboxylic acids is 1. The fourth-order valence-corrected chi connectivity index (χ4v) is 2.19. The molecule has 0 fully saturated rings. The Hall–Kier alpha value is -1.56. The van der Waals surface area contributed by atoms with Crippen molar-refractivity contribution in [2.45, 2.75) is 30.7 Å². The zero-order valence-corrected chi connectivity index (χ0v) is 10.7. The van der Waals surface area contributed by atoms with Gasteiger partial charge in [-0.2, -0.15) is 0 Å². The van der Waals surface area contributed by atoms with Gasteiger partial charge in [0.05, 0.1) is 0 Å². The standard InChI is InChI=1S/C11H13N3O2S/c1-7-4-5-8-12-13-10(14(8)6-7)17-11(2,3)9(15)16/h4-6H,1-3H3,(H,15,16). The maximum atomic E-state index is 11.1. The van der Waals surface area contributed by atoms with Gasteiger partial charge in [0.15, 0.2) is 10.8 Å². The Morgan fingerprint density at radius 2 is 2.12 bits per heavy atom. The van der Waals surface area contributed by atoms with E-state index in [4.69, 9.17) is 5.11 Å². The van der Waals surface area contributed by atoms with Crippen molar-refractivity contribution in [2.24, 2.45) is 0 Å². The smallest absolute Gasteiger partial charge is 0.319 e. The first-order valence-electron chi connectivity index (χ1n) is 5.14. The average Bonchev–Trinajstić information content (AvgIpc) is 2.60. The van der Waals surface area contributed by atoms with Crippen LogP contribution in [0.2, 0.25) is 0 Å². The molecule has 2 heterocycles. The molecule has 0 unspecified atom stereocenters. The molecule has 0 saturated heterocycles. The van der Waals surface area contributed by atoms with E-state index < -0.39 is 10.7 Å². The molecule has 5 nitrogen and oxygen atoms in total. The Morgan fingerprint density at radius 3 is 2.76 bits per heavy atom. The lowest BCUT2D eigenvalue weighted by Gasteiger charge is -2.16. The van der Waals surface area contributed by atoms with Gasteiger partial charge in [0.1, 0.15) is 4.75 Å². The average molecular weight is 251 g/mol. The lowest BCUT2D eigenvalue weighted by molar-refractivity contribution is -0.138. The fraction of sp³-hybridized carbons (Fsp3) is 0.364. The second-order valence-electron chi connectivity index (χ2n) is 4.33. The van der Waals surface area contributed by atoms with Crippen molar-refractivity contribution in [3.05, 3.63) is 23.9 Å². The van der Waals surface area contributed by atoms with Crippen LogP contribution in [0.5, 0.6) is 0 Å². The number of nitrogens with zero attached hydrogens (tertiary/aromatic N) is 3. The van der Waals surface area contributed by atoms with Gasteiger partial charge >= 0.3 is 5.97 Å². The highest BCUT2D eigenvalue weighted by Crippen LogP contribution is 2.31. The van der Waals surface area contributed by atoms with Crippen molar-refractivity contribution in [1.29, 1.82) is 0 Å². The van der Waals surface area contributed by atoms with Crippen molar-refractivity contribution in [3.63, 3.8) is 0 Å². The minimum absolute atomic E-state index is 0.594. The lowest BCUT2D eigenvalue weighted by atomic mass is 10.2. The molecular formula is C11H13N3O2S. The monoisotopic (exact) mass is 251 g/mol. The number of fused-ring (bicyclic) bond motifs is 1. The summed E-state index contributed by atoms with van der Waals surface area (Å²) in [4.78, 5) is 11.1. The molecule has 2 aromatic heterocycles. The Labute approximate surface area is 103 Å². The third kappa shape index (κ3) is 2.26. The van der Waals surface area contributed by atoms with E-state index in [0.717, 1.165) is 11.2 Å². The normalized spacial score (nSPS) is 11.9. The van der Waals surface area contributed by atoms with Crippen molar-refractivity contribution in [2.75, 3.05) is 0 Å². The van der Waals surface area contributed by atoms with Crippen molar-refractivity contribution in [1.82, 2.24) is 14.6 Å². The molecule has 0 aliphatic rings. The van der Waals surface area contributed by atoms with Gasteiger partial charge in [-0.1, -0.05) is 17.8 Å². The Bertz CT molecular complexity index is 577. The molecule has 0 saturated carbocycles. The predicted octanol–water partition coefficient (Wildman–Crippen LogP) is 1.99. The molecule has 6 heteroatoms. The van der Waals surface area contributed by atoms with Gasteiger partial charge in [0.2, 0.25) is 0 Å². The van der Waals surface area contributed by atoms with E-state index in [1.54, 1.807) is 13.8 Å². The molecule has 0 atom stereocenters. The first-order valence-corrected chi connectivity index (χ1v) is 5.95. The third-order valence-electron chi connectivity index (χ3n) is 2.38. The third-order valence-corrected chi connectivity index (χ3v) is 3.53. The summed E-state index contributed by atoms with van der Waals surface area (Å²) in [6.45, 7) is 5.27. The van der Waals surface area contributed by atoms with Crippen molar-refractivity contribution >= 4 is 23.4 Å². The predicted molar refractivity (Wildman–Crippen MR) is 65.3 cm³/mol. The minimum atomic E-state index is -0.924. The van der Waals surface area contributed by atoms with Crippen LogP contribution in [0.1, 0.15) is 19.4 Å². The number of carbonyl (C=O) groups is 1. The van der Waals surface area contributed by atoms with Crippen LogP contribution < -0.4 is 0 Å². The van der Waals surface area contributed by atoms with Gasteiger partial charge in [0, 0.05) is 6.20 Å². The van der Waals surface area contributed by atoms with E-state index in [2.05, 4.69) is 10.2 Å². The maximum absolute atomic E-state index is 11.1. The molecule has 0 aliphatic carbocycles. The first-order chi connectivity index (χ1) is 7.90. The first kappa shape index (κ1) is 11.9. The van der Waals surface area contributed by atoms with Crippen LogP contribution in [0.4, 0.5) is 0 Å². The van der Waals surface area contributed by atoms with E-state index in [9.17, 15) is 4.79 Å². The molecule has 0 bridgehead atoms. The molecule has 0 amide bonds. The van der Waals surface area contributed by atoms with E-state index in [1.165, 1.54) is 11.8 Å². The summed E-state index contributed by atoms with van der Waals surface area (Å²) in [6, 6.07) is 3.81. The number of carboxylic acid groups (broad SMARTS) is 1. The van der Waals surface area contributed by atoms with Crippen LogP contribution in [0.3, 0.4) is 0 Å². The number of hydrogen-bond acceptors (Lipinski definition) is 4. The van der Waals surface area contributed by atoms with Crippen LogP contribution in [0, 0.1) is 6.92 Å². The van der Waals surface area contributed by atoms with Crippen LogP contribution in [-0.4, -0.2) is 30.4 Å². The summed E-state index contributed by atoms with van der Waals surface area (Å²) < 4.78 is 0.886. The van der Waals surface area contributed by atoms with Gasteiger partial charge in [-0.3, -0.25) is 9.20 Å². The number of thioether (sulfide) groups is 1. The van der Waals surface area contributed by atoms with Crippen LogP contribution in [-0.2, 0) is 4.79 Å². The molecule has 2 aromatic rings. The summed E-state index contributed by atoms with van der Waals surface area (Å²) in [5.41, 5.74) is 1.80.